The van der Waals surface area contributed by atoms with Crippen LogP contribution in [0.3, 0.4) is 0 Å². The number of benzene rings is 1. The Labute approximate surface area is 220 Å². The average molecular weight is 524 g/mol. The molecule has 3 atom stereocenters. The van der Waals surface area contributed by atoms with Gasteiger partial charge in [-0.15, -0.1) is 0 Å². The zero-order valence-corrected chi connectivity index (χ0v) is 21.8. The van der Waals surface area contributed by atoms with Crippen LogP contribution in [-0.2, 0) is 12.3 Å². The van der Waals surface area contributed by atoms with E-state index in [0.29, 0.717) is 29.2 Å². The normalized spacial score (nSPS) is 26.0. The number of H-pyrrole nitrogens is 1. The lowest BCUT2D eigenvalue weighted by Gasteiger charge is -2.42. The van der Waals surface area contributed by atoms with Gasteiger partial charge in [-0.3, -0.25) is 0 Å². The molecule has 0 radical (unpaired) electrons. The van der Waals surface area contributed by atoms with Gasteiger partial charge < -0.3 is 25.3 Å². The van der Waals surface area contributed by atoms with E-state index in [9.17, 15) is 13.9 Å². The molecule has 2 unspecified atom stereocenters. The van der Waals surface area contributed by atoms with E-state index in [1.165, 1.54) is 18.5 Å². The first-order valence-corrected chi connectivity index (χ1v) is 13.5. The van der Waals surface area contributed by atoms with Gasteiger partial charge in [0.05, 0.1) is 28.6 Å². The molecule has 0 amide bonds. The molecular formula is C28H35F2N7O. The molecular weight excluding hydrogens is 488 g/mol. The Morgan fingerprint density at radius 3 is 2.76 bits per heavy atom. The maximum absolute atomic E-state index is 13.6. The number of hydrogen-bond acceptors (Lipinski definition) is 6. The van der Waals surface area contributed by atoms with Crippen LogP contribution in [0, 0.1) is 11.8 Å². The minimum Gasteiger partial charge on any atom is -0.391 e. The second kappa shape index (κ2) is 9.57. The quantitative estimate of drug-likeness (QED) is 0.310. The van der Waals surface area contributed by atoms with Gasteiger partial charge >= 0.3 is 0 Å². The number of aliphatic hydroxyl groups is 1. The minimum absolute atomic E-state index is 0.00205. The average Bonchev–Trinajstić information content (AvgIpc) is 3.53. The number of nitrogen functional groups attached to an aromatic ring is 1. The molecule has 10 heteroatoms. The number of fused-ring (bicyclic) bond motifs is 2. The summed E-state index contributed by atoms with van der Waals surface area (Å²) in [5.41, 5.74) is 8.19. The monoisotopic (exact) mass is 523 g/mol. The molecule has 2 saturated carbocycles. The van der Waals surface area contributed by atoms with Gasteiger partial charge in [0, 0.05) is 37.7 Å². The molecule has 6 rings (SSSR count). The van der Waals surface area contributed by atoms with E-state index in [2.05, 4.69) is 36.5 Å². The van der Waals surface area contributed by atoms with Crippen molar-refractivity contribution in [3.63, 3.8) is 0 Å². The highest BCUT2D eigenvalue weighted by Crippen LogP contribution is 2.40. The maximum atomic E-state index is 13.6. The number of imidazole rings is 1. The van der Waals surface area contributed by atoms with E-state index in [4.69, 9.17) is 5.73 Å². The summed E-state index contributed by atoms with van der Waals surface area (Å²) in [6, 6.07) is 7.11. The second-order valence-electron chi connectivity index (χ2n) is 11.5. The molecule has 0 saturated heterocycles. The number of aliphatic hydroxyl groups excluding tert-OH is 1. The lowest BCUT2D eigenvalue weighted by Crippen LogP contribution is -2.44. The molecule has 0 spiro atoms. The number of aromatic amines is 1. The Balaban J connectivity index is 0.990. The number of aryl methyl sites for hydroxylation is 1. The lowest BCUT2D eigenvalue weighted by molar-refractivity contribution is 0.0176. The molecule has 4 N–H and O–H groups in total. The molecule has 202 valence electrons. The maximum Gasteiger partial charge on any atom is 0.270 e. The Kier molecular flexibility index (Phi) is 6.34. The zero-order chi connectivity index (χ0) is 26.6. The first kappa shape index (κ1) is 25.2. The fourth-order valence-electron chi connectivity index (χ4n) is 6.45. The molecule has 3 aromatic heterocycles. The molecule has 0 aliphatic heterocycles. The van der Waals surface area contributed by atoms with Gasteiger partial charge in [-0.2, -0.15) is 0 Å². The number of anilines is 1. The summed E-state index contributed by atoms with van der Waals surface area (Å²) in [6.45, 7) is 1.88. The van der Waals surface area contributed by atoms with Gasteiger partial charge in [-0.05, 0) is 69.2 Å². The van der Waals surface area contributed by atoms with Crippen LogP contribution in [0.4, 0.5) is 14.6 Å². The summed E-state index contributed by atoms with van der Waals surface area (Å²) in [5.74, 6) is -0.461. The largest absolute Gasteiger partial charge is 0.391 e. The number of rotatable bonds is 8. The second-order valence-corrected chi connectivity index (χ2v) is 11.5. The Morgan fingerprint density at radius 2 is 1.97 bits per heavy atom. The van der Waals surface area contributed by atoms with Crippen LogP contribution in [0.5, 0.6) is 0 Å². The third-order valence-electron chi connectivity index (χ3n) is 8.70. The predicted molar refractivity (Wildman–Crippen MR) is 143 cm³/mol. The number of hydrogen-bond donors (Lipinski definition) is 3. The van der Waals surface area contributed by atoms with Crippen LogP contribution in [0.2, 0.25) is 0 Å². The fourth-order valence-corrected chi connectivity index (χ4v) is 6.45. The van der Waals surface area contributed by atoms with Crippen molar-refractivity contribution < 1.29 is 13.9 Å². The molecule has 0 bridgehead atoms. The van der Waals surface area contributed by atoms with Crippen molar-refractivity contribution in [3.8, 4) is 0 Å². The van der Waals surface area contributed by atoms with E-state index < -0.39 is 12.0 Å². The van der Waals surface area contributed by atoms with Crippen molar-refractivity contribution in [1.29, 1.82) is 0 Å². The van der Waals surface area contributed by atoms with Gasteiger partial charge in [-0.1, -0.05) is 6.07 Å². The third-order valence-corrected chi connectivity index (χ3v) is 8.70. The van der Waals surface area contributed by atoms with Gasteiger partial charge in [0.1, 0.15) is 23.6 Å². The summed E-state index contributed by atoms with van der Waals surface area (Å²) >= 11 is 0. The molecule has 4 aromatic rings. The van der Waals surface area contributed by atoms with Crippen LogP contribution < -0.4 is 5.73 Å². The Bertz CT molecular complexity index is 1440. The first-order valence-electron chi connectivity index (χ1n) is 13.5. The summed E-state index contributed by atoms with van der Waals surface area (Å²) in [4.78, 5) is 18.8. The number of nitrogens with one attached hydrogen (secondary N) is 1. The number of nitrogens with two attached hydrogens (primary N) is 1. The molecule has 38 heavy (non-hydrogen) atoms. The highest BCUT2D eigenvalue weighted by molar-refractivity contribution is 5.86. The van der Waals surface area contributed by atoms with Crippen LogP contribution in [0.15, 0.2) is 36.8 Å². The third kappa shape index (κ3) is 4.75. The summed E-state index contributed by atoms with van der Waals surface area (Å²) in [5, 5.41) is 11.7. The van der Waals surface area contributed by atoms with Crippen molar-refractivity contribution in [1.82, 2.24) is 29.4 Å². The molecule has 2 aliphatic carbocycles. The van der Waals surface area contributed by atoms with E-state index in [-0.39, 0.29) is 11.6 Å². The van der Waals surface area contributed by atoms with Crippen LogP contribution in [0.1, 0.15) is 56.5 Å². The van der Waals surface area contributed by atoms with E-state index in [1.54, 1.807) is 6.07 Å². The van der Waals surface area contributed by atoms with Gasteiger partial charge in [0.15, 0.2) is 0 Å². The van der Waals surface area contributed by atoms with Crippen molar-refractivity contribution in [2.75, 3.05) is 19.3 Å². The Morgan fingerprint density at radius 1 is 1.16 bits per heavy atom. The van der Waals surface area contributed by atoms with Crippen molar-refractivity contribution in [2.45, 2.75) is 69.6 Å². The molecule has 3 heterocycles. The fraction of sp³-hybridized carbons (Fsp3) is 0.536. The molecule has 1 aromatic carbocycles. The lowest BCUT2D eigenvalue weighted by atomic mass is 9.76. The first-order chi connectivity index (χ1) is 18.2. The summed E-state index contributed by atoms with van der Waals surface area (Å²) in [6.07, 6.45) is 8.89. The van der Waals surface area contributed by atoms with Crippen LogP contribution in [0.25, 0.3) is 22.1 Å². The summed E-state index contributed by atoms with van der Waals surface area (Å²) < 4.78 is 29.3. The van der Waals surface area contributed by atoms with Crippen molar-refractivity contribution >= 4 is 27.9 Å². The topological polar surface area (TPSA) is 109 Å². The standard InChI is InChI=1S/C28H35F2N7O/c1-28(29,30)18-4-5-21-22(13-18)35-25(34-21)6-3-16-9-19(10-16)36(2)14-17-11-23(24(38)12-17)37-8-7-20-26(31)32-15-33-27(20)37/h4-5,7-8,13,15-17,19,23-24,38H,3,6,9-12,14H2,1-2H3,(H,34,35)(H2,31,32,33)/t16?,17?,19?,23?,24-/m1/s1. The highest BCUT2D eigenvalue weighted by atomic mass is 19.3. The SMILES string of the molecule is CN(CC1CC(n2ccc3c(N)ncnc32)[C@H](O)C1)C1CC(CCc2nc3ccc(C(C)(F)F)cc3[nH]2)C1. The summed E-state index contributed by atoms with van der Waals surface area (Å²) in [7, 11) is 2.19. The number of halogens is 2. The minimum atomic E-state index is -2.86. The van der Waals surface area contributed by atoms with E-state index >= 15 is 0 Å². The number of alkyl halides is 2. The smallest absolute Gasteiger partial charge is 0.270 e. The predicted octanol–water partition coefficient (Wildman–Crippen LogP) is 4.66. The van der Waals surface area contributed by atoms with Gasteiger partial charge in [0.2, 0.25) is 0 Å². The van der Waals surface area contributed by atoms with Gasteiger partial charge in [-0.25, -0.2) is 23.7 Å². The molecule has 2 fully saturated rings. The highest BCUT2D eigenvalue weighted by Gasteiger charge is 2.38. The van der Waals surface area contributed by atoms with Crippen molar-refractivity contribution in [2.24, 2.45) is 11.8 Å². The Hall–Kier alpha value is -3.11. The van der Waals surface area contributed by atoms with Crippen molar-refractivity contribution in [3.05, 3.63) is 48.2 Å². The number of aromatic nitrogens is 5. The molecule has 8 nitrogen and oxygen atoms in total. The van der Waals surface area contributed by atoms with E-state index in [1.807, 2.05) is 12.3 Å². The van der Waals surface area contributed by atoms with Gasteiger partial charge in [0.25, 0.3) is 5.92 Å². The van der Waals surface area contributed by atoms with Crippen LogP contribution >= 0.6 is 0 Å². The zero-order valence-electron chi connectivity index (χ0n) is 21.8. The molecule has 2 aliphatic rings. The van der Waals surface area contributed by atoms with Crippen LogP contribution in [-0.4, -0.2) is 60.2 Å². The number of nitrogens with zero attached hydrogens (tertiary/aromatic N) is 5. The van der Waals surface area contributed by atoms with E-state index in [0.717, 1.165) is 74.4 Å².